The van der Waals surface area contributed by atoms with Crippen molar-refractivity contribution in [3.63, 3.8) is 0 Å². The van der Waals surface area contributed by atoms with Gasteiger partial charge in [0.2, 0.25) is 4.73 Å². The van der Waals surface area contributed by atoms with E-state index in [-0.39, 0.29) is 6.23 Å². The van der Waals surface area contributed by atoms with Gasteiger partial charge in [0.1, 0.15) is 29.2 Å². The summed E-state index contributed by atoms with van der Waals surface area (Å²) in [6.45, 7) is 0.738. The van der Waals surface area contributed by atoms with Gasteiger partial charge in [-0.2, -0.15) is 0 Å². The Hall–Kier alpha value is -2.59. The summed E-state index contributed by atoms with van der Waals surface area (Å²) >= 11 is 3.41. The molecule has 3 heterocycles. The van der Waals surface area contributed by atoms with Crippen molar-refractivity contribution in [1.29, 1.82) is 0 Å². The van der Waals surface area contributed by atoms with Crippen LogP contribution < -0.4 is 19.5 Å². The third kappa shape index (κ3) is 3.82. The maximum Gasteiger partial charge on any atom is 0.200 e. The molecule has 0 radical (unpaired) electrons. The Labute approximate surface area is 176 Å². The van der Waals surface area contributed by atoms with E-state index in [0.29, 0.717) is 44.7 Å². The lowest BCUT2D eigenvalue weighted by molar-refractivity contribution is -0.0298. The van der Waals surface area contributed by atoms with Gasteiger partial charge in [0.25, 0.3) is 0 Å². The average Bonchev–Trinajstić information content (AvgIpc) is 3.18. The summed E-state index contributed by atoms with van der Waals surface area (Å²) in [4.78, 5) is 13.6. The number of halogens is 1. The smallest absolute Gasteiger partial charge is 0.200 e. The van der Waals surface area contributed by atoms with E-state index in [1.165, 1.54) is 0 Å². The van der Waals surface area contributed by atoms with E-state index in [1.807, 2.05) is 4.57 Å². The first kappa shape index (κ1) is 19.7. The number of rotatable bonds is 6. The van der Waals surface area contributed by atoms with Crippen LogP contribution in [-0.4, -0.2) is 47.5 Å². The van der Waals surface area contributed by atoms with Gasteiger partial charge in [0.05, 0.1) is 27.7 Å². The van der Waals surface area contributed by atoms with Crippen molar-refractivity contribution in [1.82, 2.24) is 19.5 Å². The quantitative estimate of drug-likeness (QED) is 0.547. The number of imidazole rings is 1. The molecular weight excluding hydrogens is 442 g/mol. The molecule has 154 valence electrons. The molecule has 1 atom stereocenters. The Morgan fingerprint density at radius 2 is 1.86 bits per heavy atom. The summed E-state index contributed by atoms with van der Waals surface area (Å²) in [6.07, 6.45) is 4.78. The number of ether oxygens (including phenoxy) is 4. The highest BCUT2D eigenvalue weighted by Crippen LogP contribution is 2.41. The first-order chi connectivity index (χ1) is 14.1. The number of fused-ring (bicyclic) bond motifs is 1. The van der Waals surface area contributed by atoms with Crippen LogP contribution in [0.1, 0.15) is 25.5 Å². The van der Waals surface area contributed by atoms with Crippen molar-refractivity contribution >= 4 is 38.6 Å². The van der Waals surface area contributed by atoms with E-state index in [9.17, 15) is 0 Å². The van der Waals surface area contributed by atoms with Gasteiger partial charge in [-0.05, 0) is 35.2 Å². The monoisotopic (exact) mass is 463 g/mol. The standard InChI is InChI=1S/C19H22BrN5O4/c1-26-11-8-12(27-2)15(13(9-11)28-3)22-17-16-18(24-19(20)23-17)25(10-21-16)14-6-4-5-7-29-14/h8-10,14H,4-7H2,1-3H3,(H,22,23,24). The van der Waals surface area contributed by atoms with E-state index >= 15 is 0 Å². The van der Waals surface area contributed by atoms with Crippen LogP contribution in [-0.2, 0) is 4.74 Å². The predicted molar refractivity (Wildman–Crippen MR) is 111 cm³/mol. The molecule has 1 aliphatic rings. The molecule has 29 heavy (non-hydrogen) atoms. The highest BCUT2D eigenvalue weighted by atomic mass is 79.9. The average molecular weight is 464 g/mol. The van der Waals surface area contributed by atoms with Gasteiger partial charge in [-0.1, -0.05) is 0 Å². The SMILES string of the molecule is COc1cc(OC)c(Nc2nc(Br)nc3c2ncn3C2CCCCO2)c(OC)c1. The number of nitrogens with zero attached hydrogens (tertiary/aromatic N) is 4. The molecule has 3 aromatic rings. The van der Waals surface area contributed by atoms with Gasteiger partial charge >= 0.3 is 0 Å². The molecule has 1 aliphatic heterocycles. The molecule has 1 aromatic carbocycles. The topological polar surface area (TPSA) is 92.6 Å². The normalized spacial score (nSPS) is 16.6. The van der Waals surface area contributed by atoms with Gasteiger partial charge in [0, 0.05) is 18.7 Å². The summed E-state index contributed by atoms with van der Waals surface area (Å²) < 4.78 is 24.7. The minimum absolute atomic E-state index is 0.0755. The van der Waals surface area contributed by atoms with Crippen molar-refractivity contribution in [2.24, 2.45) is 0 Å². The molecule has 9 nitrogen and oxygen atoms in total. The zero-order valence-electron chi connectivity index (χ0n) is 16.4. The molecule has 0 aliphatic carbocycles. The Kier molecular flexibility index (Phi) is 5.72. The number of aromatic nitrogens is 4. The van der Waals surface area contributed by atoms with Crippen molar-refractivity contribution in [2.45, 2.75) is 25.5 Å². The summed E-state index contributed by atoms with van der Waals surface area (Å²) in [7, 11) is 4.76. The molecular formula is C19H22BrN5O4. The Bertz CT molecular complexity index is 994. The Morgan fingerprint density at radius 3 is 2.48 bits per heavy atom. The van der Waals surface area contributed by atoms with Crippen LogP contribution in [0.2, 0.25) is 0 Å². The highest BCUT2D eigenvalue weighted by Gasteiger charge is 2.22. The molecule has 1 unspecified atom stereocenters. The number of benzene rings is 1. The number of hydrogen-bond acceptors (Lipinski definition) is 8. The molecule has 2 aromatic heterocycles. The van der Waals surface area contributed by atoms with E-state index in [1.54, 1.807) is 39.8 Å². The van der Waals surface area contributed by atoms with Crippen LogP contribution in [0.4, 0.5) is 11.5 Å². The fourth-order valence-electron chi connectivity index (χ4n) is 3.38. The lowest BCUT2D eigenvalue weighted by Gasteiger charge is -2.23. The molecule has 0 saturated carbocycles. The van der Waals surface area contributed by atoms with Crippen LogP contribution in [0.3, 0.4) is 0 Å². The highest BCUT2D eigenvalue weighted by molar-refractivity contribution is 9.10. The fraction of sp³-hybridized carbons (Fsp3) is 0.421. The second-order valence-electron chi connectivity index (χ2n) is 6.52. The van der Waals surface area contributed by atoms with Gasteiger partial charge in [0.15, 0.2) is 17.0 Å². The summed E-state index contributed by atoms with van der Waals surface area (Å²) in [5.74, 6) is 2.26. The van der Waals surface area contributed by atoms with Crippen LogP contribution >= 0.6 is 15.9 Å². The number of hydrogen-bond donors (Lipinski definition) is 1. The lowest BCUT2D eigenvalue weighted by atomic mass is 10.2. The van der Waals surface area contributed by atoms with Crippen LogP contribution in [0, 0.1) is 0 Å². The van der Waals surface area contributed by atoms with Crippen molar-refractivity contribution < 1.29 is 18.9 Å². The maximum atomic E-state index is 5.90. The predicted octanol–water partition coefficient (Wildman–Crippen LogP) is 4.06. The van der Waals surface area contributed by atoms with Crippen molar-refractivity contribution in [3.8, 4) is 17.2 Å². The van der Waals surface area contributed by atoms with Crippen molar-refractivity contribution in [3.05, 3.63) is 23.2 Å². The Balaban J connectivity index is 1.78. The zero-order valence-corrected chi connectivity index (χ0v) is 18.0. The van der Waals surface area contributed by atoms with E-state index in [2.05, 4.69) is 36.2 Å². The molecule has 0 amide bonds. The summed E-state index contributed by atoms with van der Waals surface area (Å²) in [5, 5.41) is 3.29. The third-order valence-electron chi connectivity index (χ3n) is 4.82. The fourth-order valence-corrected chi connectivity index (χ4v) is 3.72. The minimum Gasteiger partial charge on any atom is -0.496 e. The number of nitrogens with one attached hydrogen (secondary N) is 1. The lowest BCUT2D eigenvalue weighted by Crippen LogP contribution is -2.17. The summed E-state index contributed by atoms with van der Waals surface area (Å²) in [5.41, 5.74) is 1.93. The van der Waals surface area contributed by atoms with E-state index in [0.717, 1.165) is 25.9 Å². The first-order valence-electron chi connectivity index (χ1n) is 9.23. The third-order valence-corrected chi connectivity index (χ3v) is 5.17. The maximum absolute atomic E-state index is 5.90. The van der Waals surface area contributed by atoms with Gasteiger partial charge < -0.3 is 24.3 Å². The van der Waals surface area contributed by atoms with Gasteiger partial charge in [-0.3, -0.25) is 4.57 Å². The first-order valence-corrected chi connectivity index (χ1v) is 10.0. The van der Waals surface area contributed by atoms with Crippen LogP contribution in [0.25, 0.3) is 11.2 Å². The second-order valence-corrected chi connectivity index (χ2v) is 7.23. The van der Waals surface area contributed by atoms with E-state index < -0.39 is 0 Å². The van der Waals surface area contributed by atoms with Crippen LogP contribution in [0.5, 0.6) is 17.2 Å². The molecule has 1 N–H and O–H groups in total. The van der Waals surface area contributed by atoms with Crippen molar-refractivity contribution in [2.75, 3.05) is 33.3 Å². The largest absolute Gasteiger partial charge is 0.496 e. The molecule has 1 saturated heterocycles. The van der Waals surface area contributed by atoms with E-state index in [4.69, 9.17) is 18.9 Å². The number of methoxy groups -OCH3 is 3. The Morgan fingerprint density at radius 1 is 1.10 bits per heavy atom. The molecule has 0 bridgehead atoms. The van der Waals surface area contributed by atoms with Gasteiger partial charge in [-0.15, -0.1) is 0 Å². The number of anilines is 2. The minimum atomic E-state index is -0.0755. The molecule has 10 heteroatoms. The summed E-state index contributed by atoms with van der Waals surface area (Å²) in [6, 6.07) is 3.54. The molecule has 0 spiro atoms. The molecule has 1 fully saturated rings. The van der Waals surface area contributed by atoms with Crippen LogP contribution in [0.15, 0.2) is 23.2 Å². The second kappa shape index (κ2) is 8.42. The van der Waals surface area contributed by atoms with Gasteiger partial charge in [-0.25, -0.2) is 15.0 Å². The molecule has 4 rings (SSSR count). The zero-order chi connectivity index (χ0) is 20.4.